The molecule has 0 aliphatic rings. The highest BCUT2D eigenvalue weighted by Crippen LogP contribution is 2.19. The number of hydrogen-bond acceptors (Lipinski definition) is 2. The van der Waals surface area contributed by atoms with Crippen LogP contribution in [0.1, 0.15) is 37.4 Å². The maximum Gasteiger partial charge on any atom is 0.0945 e. The van der Waals surface area contributed by atoms with Crippen LogP contribution < -0.4 is 0 Å². The Labute approximate surface area is 108 Å². The topological polar surface area (TPSA) is 38.0 Å². The highest BCUT2D eigenvalue weighted by molar-refractivity contribution is 5.16. The summed E-state index contributed by atoms with van der Waals surface area (Å²) >= 11 is 0. The van der Waals surface area contributed by atoms with E-state index < -0.39 is 0 Å². The van der Waals surface area contributed by atoms with Crippen LogP contribution in [0.2, 0.25) is 0 Å². The standard InChI is InChI=1S/C15H20N2O/c18-15(14-7-3-1-4-8-14)9-5-2-6-11-17-12-10-16-13-17/h1,3-4,7-8,10,12-13,15,18H,2,5-6,9,11H2. The molecule has 3 heteroatoms. The lowest BCUT2D eigenvalue weighted by atomic mass is 10.0. The van der Waals surface area contributed by atoms with Crippen molar-refractivity contribution in [1.29, 1.82) is 0 Å². The SMILES string of the molecule is OC(CCCCCn1ccnc1)c1ccccc1. The Morgan fingerprint density at radius 3 is 2.67 bits per heavy atom. The number of unbranched alkanes of at least 4 members (excludes halogenated alkanes) is 2. The normalized spacial score (nSPS) is 12.5. The second-order valence-corrected chi connectivity index (χ2v) is 4.58. The summed E-state index contributed by atoms with van der Waals surface area (Å²) in [5.74, 6) is 0. The number of aliphatic hydroxyl groups is 1. The summed E-state index contributed by atoms with van der Waals surface area (Å²) in [7, 11) is 0. The van der Waals surface area contributed by atoms with Gasteiger partial charge in [-0.25, -0.2) is 4.98 Å². The highest BCUT2D eigenvalue weighted by Gasteiger charge is 2.05. The van der Waals surface area contributed by atoms with Crippen LogP contribution in [0.5, 0.6) is 0 Å². The molecular weight excluding hydrogens is 224 g/mol. The van der Waals surface area contributed by atoms with Crippen molar-refractivity contribution in [2.45, 2.75) is 38.3 Å². The molecule has 0 fully saturated rings. The van der Waals surface area contributed by atoms with Gasteiger partial charge >= 0.3 is 0 Å². The van der Waals surface area contributed by atoms with E-state index in [9.17, 15) is 5.11 Å². The second-order valence-electron chi connectivity index (χ2n) is 4.58. The number of benzene rings is 1. The van der Waals surface area contributed by atoms with E-state index >= 15 is 0 Å². The number of aryl methyl sites for hydroxylation is 1. The highest BCUT2D eigenvalue weighted by atomic mass is 16.3. The fourth-order valence-corrected chi connectivity index (χ4v) is 2.07. The Bertz CT molecular complexity index is 425. The molecule has 1 heterocycles. The molecule has 96 valence electrons. The van der Waals surface area contributed by atoms with E-state index in [0.29, 0.717) is 0 Å². The van der Waals surface area contributed by atoms with Crippen LogP contribution in [-0.2, 0) is 6.54 Å². The number of aromatic nitrogens is 2. The summed E-state index contributed by atoms with van der Waals surface area (Å²) < 4.78 is 2.09. The van der Waals surface area contributed by atoms with Gasteiger partial charge in [0.2, 0.25) is 0 Å². The van der Waals surface area contributed by atoms with Gasteiger partial charge in [0, 0.05) is 18.9 Å². The van der Waals surface area contributed by atoms with Crippen LogP contribution in [-0.4, -0.2) is 14.7 Å². The zero-order chi connectivity index (χ0) is 12.6. The van der Waals surface area contributed by atoms with Gasteiger partial charge in [-0.05, 0) is 18.4 Å². The van der Waals surface area contributed by atoms with E-state index in [0.717, 1.165) is 37.8 Å². The average Bonchev–Trinajstić information content (AvgIpc) is 2.92. The van der Waals surface area contributed by atoms with E-state index in [4.69, 9.17) is 0 Å². The lowest BCUT2D eigenvalue weighted by molar-refractivity contribution is 0.163. The smallest absolute Gasteiger partial charge is 0.0945 e. The van der Waals surface area contributed by atoms with Crippen LogP contribution in [0.3, 0.4) is 0 Å². The monoisotopic (exact) mass is 244 g/mol. The van der Waals surface area contributed by atoms with Crippen molar-refractivity contribution in [3.8, 4) is 0 Å². The number of nitrogens with zero attached hydrogens (tertiary/aromatic N) is 2. The summed E-state index contributed by atoms with van der Waals surface area (Å²) in [6.07, 6.45) is 9.49. The van der Waals surface area contributed by atoms with Gasteiger partial charge in [-0.1, -0.05) is 43.2 Å². The molecule has 1 unspecified atom stereocenters. The predicted molar refractivity (Wildman–Crippen MR) is 72.1 cm³/mol. The van der Waals surface area contributed by atoms with E-state index in [1.165, 1.54) is 0 Å². The first kappa shape index (κ1) is 12.8. The van der Waals surface area contributed by atoms with Crippen molar-refractivity contribution in [2.24, 2.45) is 0 Å². The van der Waals surface area contributed by atoms with Crippen molar-refractivity contribution in [3.05, 3.63) is 54.6 Å². The minimum atomic E-state index is -0.320. The average molecular weight is 244 g/mol. The van der Waals surface area contributed by atoms with Gasteiger partial charge in [0.1, 0.15) is 0 Å². The number of hydrogen-bond donors (Lipinski definition) is 1. The van der Waals surface area contributed by atoms with Gasteiger partial charge in [0.15, 0.2) is 0 Å². The van der Waals surface area contributed by atoms with Gasteiger partial charge in [-0.15, -0.1) is 0 Å². The third-order valence-electron chi connectivity index (χ3n) is 3.14. The predicted octanol–water partition coefficient (Wildman–Crippen LogP) is 3.18. The van der Waals surface area contributed by atoms with Gasteiger partial charge in [-0.2, -0.15) is 0 Å². The van der Waals surface area contributed by atoms with E-state index in [1.807, 2.05) is 42.9 Å². The minimum Gasteiger partial charge on any atom is -0.388 e. The molecule has 18 heavy (non-hydrogen) atoms. The molecule has 0 aliphatic carbocycles. The first-order valence-electron chi connectivity index (χ1n) is 6.55. The van der Waals surface area contributed by atoms with Crippen LogP contribution in [0.25, 0.3) is 0 Å². The van der Waals surface area contributed by atoms with E-state index in [-0.39, 0.29) is 6.10 Å². The van der Waals surface area contributed by atoms with Gasteiger partial charge < -0.3 is 9.67 Å². The molecule has 1 N–H and O–H groups in total. The van der Waals surface area contributed by atoms with E-state index in [2.05, 4.69) is 9.55 Å². The molecule has 1 atom stereocenters. The second kappa shape index (κ2) is 6.97. The quantitative estimate of drug-likeness (QED) is 0.760. The molecule has 0 radical (unpaired) electrons. The zero-order valence-electron chi connectivity index (χ0n) is 10.6. The third-order valence-corrected chi connectivity index (χ3v) is 3.14. The number of imidazole rings is 1. The Balaban J connectivity index is 1.61. The molecule has 0 amide bonds. The Morgan fingerprint density at radius 1 is 1.11 bits per heavy atom. The maximum absolute atomic E-state index is 9.99. The Morgan fingerprint density at radius 2 is 1.94 bits per heavy atom. The fraction of sp³-hybridized carbons (Fsp3) is 0.400. The fourth-order valence-electron chi connectivity index (χ4n) is 2.07. The van der Waals surface area contributed by atoms with Crippen LogP contribution in [0, 0.1) is 0 Å². The molecule has 2 rings (SSSR count). The summed E-state index contributed by atoms with van der Waals surface area (Å²) in [4.78, 5) is 4.01. The van der Waals surface area contributed by atoms with Crippen molar-refractivity contribution < 1.29 is 5.11 Å². The third kappa shape index (κ3) is 4.00. The number of rotatable bonds is 7. The lowest BCUT2D eigenvalue weighted by Crippen LogP contribution is -1.98. The van der Waals surface area contributed by atoms with Crippen LogP contribution in [0.4, 0.5) is 0 Å². The van der Waals surface area contributed by atoms with Crippen LogP contribution in [0.15, 0.2) is 49.1 Å². The largest absolute Gasteiger partial charge is 0.388 e. The molecule has 0 bridgehead atoms. The summed E-state index contributed by atoms with van der Waals surface area (Å²) in [6.45, 7) is 1.02. The zero-order valence-corrected chi connectivity index (χ0v) is 10.6. The molecule has 1 aromatic heterocycles. The first-order valence-corrected chi connectivity index (χ1v) is 6.55. The summed E-state index contributed by atoms with van der Waals surface area (Å²) in [5.41, 5.74) is 1.02. The van der Waals surface area contributed by atoms with Crippen molar-refractivity contribution in [3.63, 3.8) is 0 Å². The Hall–Kier alpha value is -1.61. The van der Waals surface area contributed by atoms with Crippen molar-refractivity contribution in [1.82, 2.24) is 9.55 Å². The number of aliphatic hydroxyl groups excluding tert-OH is 1. The molecular formula is C15H20N2O. The van der Waals surface area contributed by atoms with Gasteiger partial charge in [0.25, 0.3) is 0 Å². The minimum absolute atomic E-state index is 0.320. The summed E-state index contributed by atoms with van der Waals surface area (Å²) in [5, 5.41) is 9.99. The molecule has 1 aromatic carbocycles. The first-order chi connectivity index (χ1) is 8.86. The maximum atomic E-state index is 9.99. The Kier molecular flexibility index (Phi) is 4.97. The molecule has 0 spiro atoms. The van der Waals surface area contributed by atoms with Gasteiger partial charge in [-0.3, -0.25) is 0 Å². The van der Waals surface area contributed by atoms with Crippen LogP contribution >= 0.6 is 0 Å². The molecule has 0 aliphatic heterocycles. The molecule has 0 saturated heterocycles. The lowest BCUT2D eigenvalue weighted by Gasteiger charge is -2.10. The molecule has 3 nitrogen and oxygen atoms in total. The summed E-state index contributed by atoms with van der Waals surface area (Å²) in [6, 6.07) is 9.88. The molecule has 2 aromatic rings. The van der Waals surface area contributed by atoms with Gasteiger partial charge in [0.05, 0.1) is 12.4 Å². The molecule has 0 saturated carbocycles. The van der Waals surface area contributed by atoms with E-state index in [1.54, 1.807) is 6.20 Å². The van der Waals surface area contributed by atoms with Crippen molar-refractivity contribution in [2.75, 3.05) is 0 Å². The van der Waals surface area contributed by atoms with Crippen molar-refractivity contribution >= 4 is 0 Å².